The van der Waals surface area contributed by atoms with Gasteiger partial charge in [0, 0.05) is 25.0 Å². The number of aromatic nitrogens is 4. The van der Waals surface area contributed by atoms with E-state index in [1.165, 1.54) is 0 Å². The molecule has 5 heteroatoms. The van der Waals surface area contributed by atoms with Gasteiger partial charge < -0.3 is 14.1 Å². The smallest absolute Gasteiger partial charge is 0.137 e. The number of nitrogens with zero attached hydrogens (tertiary/aromatic N) is 4. The molecule has 1 aromatic carbocycles. The number of pyridine rings is 1. The third kappa shape index (κ3) is 1.90. The van der Waals surface area contributed by atoms with E-state index >= 15 is 0 Å². The molecule has 0 atom stereocenters. The Morgan fingerprint density at radius 1 is 1.14 bits per heavy atom. The molecular formula is C16H14N4O. The van der Waals surface area contributed by atoms with Crippen molar-refractivity contribution in [3.8, 4) is 11.3 Å². The number of hydrogen-bond donors (Lipinski definition) is 1. The Hall–Kier alpha value is -2.66. The predicted molar refractivity (Wildman–Crippen MR) is 80.8 cm³/mol. The molecule has 0 saturated carbocycles. The van der Waals surface area contributed by atoms with Crippen molar-refractivity contribution in [1.29, 1.82) is 0 Å². The molecule has 104 valence electrons. The lowest BCUT2D eigenvalue weighted by Gasteiger charge is -1.97. The highest BCUT2D eigenvalue weighted by molar-refractivity contribution is 5.81. The summed E-state index contributed by atoms with van der Waals surface area (Å²) in [7, 11) is 1.98. The molecule has 0 aliphatic carbocycles. The van der Waals surface area contributed by atoms with Crippen LogP contribution in [0.25, 0.3) is 27.9 Å². The Morgan fingerprint density at radius 3 is 2.90 bits per heavy atom. The van der Waals surface area contributed by atoms with Gasteiger partial charge in [-0.25, -0.2) is 9.97 Å². The maximum atomic E-state index is 9.20. The van der Waals surface area contributed by atoms with Crippen LogP contribution in [0.5, 0.6) is 0 Å². The molecule has 0 unspecified atom stereocenters. The van der Waals surface area contributed by atoms with E-state index < -0.39 is 0 Å². The molecule has 0 aliphatic rings. The van der Waals surface area contributed by atoms with Gasteiger partial charge in [-0.1, -0.05) is 12.1 Å². The fraction of sp³-hybridized carbons (Fsp3) is 0.125. The predicted octanol–water partition coefficient (Wildman–Crippen LogP) is 2.38. The first kappa shape index (κ1) is 12.1. The van der Waals surface area contributed by atoms with Crippen LogP contribution < -0.4 is 0 Å². The first-order valence-electron chi connectivity index (χ1n) is 6.74. The summed E-state index contributed by atoms with van der Waals surface area (Å²) < 4.78 is 3.93. The fourth-order valence-corrected chi connectivity index (χ4v) is 2.57. The van der Waals surface area contributed by atoms with Crippen LogP contribution in [0.15, 0.2) is 49.1 Å². The Labute approximate surface area is 121 Å². The van der Waals surface area contributed by atoms with E-state index in [2.05, 4.69) is 22.1 Å². The maximum Gasteiger partial charge on any atom is 0.137 e. The van der Waals surface area contributed by atoms with E-state index in [9.17, 15) is 5.11 Å². The van der Waals surface area contributed by atoms with E-state index in [0.29, 0.717) is 0 Å². The molecule has 0 bridgehead atoms. The molecule has 5 nitrogen and oxygen atoms in total. The number of benzene rings is 1. The van der Waals surface area contributed by atoms with E-state index in [4.69, 9.17) is 0 Å². The summed E-state index contributed by atoms with van der Waals surface area (Å²) in [6.07, 6.45) is 5.68. The third-order valence-electron chi connectivity index (χ3n) is 3.72. The van der Waals surface area contributed by atoms with Crippen molar-refractivity contribution < 1.29 is 5.11 Å². The Kier molecular flexibility index (Phi) is 2.55. The van der Waals surface area contributed by atoms with E-state index in [-0.39, 0.29) is 6.61 Å². The number of aryl methyl sites for hydroxylation is 1. The zero-order valence-corrected chi connectivity index (χ0v) is 11.6. The summed E-state index contributed by atoms with van der Waals surface area (Å²) in [5.41, 5.74) is 5.73. The maximum absolute atomic E-state index is 9.20. The Bertz CT molecular complexity index is 951. The van der Waals surface area contributed by atoms with Gasteiger partial charge in [0.2, 0.25) is 0 Å². The minimum atomic E-state index is 0.0311. The molecule has 21 heavy (non-hydrogen) atoms. The minimum Gasteiger partial charge on any atom is -0.392 e. The van der Waals surface area contributed by atoms with Crippen molar-refractivity contribution in [3.63, 3.8) is 0 Å². The molecule has 3 heterocycles. The first-order chi connectivity index (χ1) is 10.2. The summed E-state index contributed by atoms with van der Waals surface area (Å²) in [5, 5.41) is 9.20. The van der Waals surface area contributed by atoms with E-state index in [1.54, 1.807) is 0 Å². The standard InChI is InChI=1S/C16H14N4O/c1-19-10-17-13-6-12(3-4-15(13)19)14-8-20-7-11(9-21)2-5-16(20)18-14/h2-8,10,21H,9H2,1H3. The second-order valence-electron chi connectivity index (χ2n) is 5.15. The third-order valence-corrected chi connectivity index (χ3v) is 3.72. The molecule has 0 saturated heterocycles. The summed E-state index contributed by atoms with van der Waals surface area (Å²) in [4.78, 5) is 9.00. The van der Waals surface area contributed by atoms with Gasteiger partial charge >= 0.3 is 0 Å². The molecule has 0 amide bonds. The highest BCUT2D eigenvalue weighted by atomic mass is 16.3. The van der Waals surface area contributed by atoms with Crippen LogP contribution in [0.4, 0.5) is 0 Å². The second-order valence-corrected chi connectivity index (χ2v) is 5.15. The van der Waals surface area contributed by atoms with Crippen molar-refractivity contribution in [2.24, 2.45) is 7.05 Å². The molecule has 3 aromatic heterocycles. The van der Waals surface area contributed by atoms with Gasteiger partial charge in [-0.05, 0) is 23.8 Å². The van der Waals surface area contributed by atoms with Gasteiger partial charge in [-0.3, -0.25) is 0 Å². The zero-order chi connectivity index (χ0) is 14.4. The zero-order valence-electron chi connectivity index (χ0n) is 11.6. The molecule has 1 N–H and O–H groups in total. The largest absolute Gasteiger partial charge is 0.392 e. The van der Waals surface area contributed by atoms with E-state index in [0.717, 1.165) is 33.5 Å². The summed E-state index contributed by atoms with van der Waals surface area (Å²) in [6, 6.07) is 9.95. The van der Waals surface area contributed by atoms with E-state index in [1.807, 2.05) is 52.9 Å². The number of rotatable bonds is 2. The highest BCUT2D eigenvalue weighted by Gasteiger charge is 2.07. The number of aliphatic hydroxyl groups excluding tert-OH is 1. The summed E-state index contributed by atoms with van der Waals surface area (Å²) >= 11 is 0. The van der Waals surface area contributed by atoms with Crippen LogP contribution in [0.3, 0.4) is 0 Å². The molecule has 0 spiro atoms. The Morgan fingerprint density at radius 2 is 2.05 bits per heavy atom. The molecular weight excluding hydrogens is 264 g/mol. The van der Waals surface area contributed by atoms with Crippen LogP contribution in [0, 0.1) is 0 Å². The summed E-state index contributed by atoms with van der Waals surface area (Å²) in [6.45, 7) is 0.0311. The SMILES string of the molecule is Cn1cnc2cc(-c3cn4cc(CO)ccc4n3)ccc21. The van der Waals surface area contributed by atoms with Crippen molar-refractivity contribution in [2.75, 3.05) is 0 Å². The average Bonchev–Trinajstić information content (AvgIpc) is 3.10. The fourth-order valence-electron chi connectivity index (χ4n) is 2.57. The van der Waals surface area contributed by atoms with Crippen LogP contribution in [-0.2, 0) is 13.7 Å². The monoisotopic (exact) mass is 278 g/mol. The average molecular weight is 278 g/mol. The van der Waals surface area contributed by atoms with Crippen molar-refractivity contribution in [2.45, 2.75) is 6.61 Å². The Balaban J connectivity index is 1.86. The highest BCUT2D eigenvalue weighted by Crippen LogP contribution is 2.23. The van der Waals surface area contributed by atoms with Gasteiger partial charge in [-0.2, -0.15) is 0 Å². The first-order valence-corrected chi connectivity index (χ1v) is 6.74. The lowest BCUT2D eigenvalue weighted by atomic mass is 10.1. The molecule has 0 radical (unpaired) electrons. The van der Waals surface area contributed by atoms with Crippen LogP contribution in [0.2, 0.25) is 0 Å². The van der Waals surface area contributed by atoms with Crippen molar-refractivity contribution >= 4 is 16.7 Å². The quantitative estimate of drug-likeness (QED) is 0.612. The van der Waals surface area contributed by atoms with Crippen molar-refractivity contribution in [1.82, 2.24) is 18.9 Å². The van der Waals surface area contributed by atoms with Gasteiger partial charge in [0.05, 0.1) is 29.7 Å². The molecule has 0 fully saturated rings. The molecule has 0 aliphatic heterocycles. The lowest BCUT2D eigenvalue weighted by Crippen LogP contribution is -1.88. The molecule has 4 aromatic rings. The van der Waals surface area contributed by atoms with Crippen LogP contribution in [0.1, 0.15) is 5.56 Å². The number of imidazole rings is 2. The van der Waals surface area contributed by atoms with Crippen molar-refractivity contribution in [3.05, 3.63) is 54.6 Å². The number of hydrogen-bond acceptors (Lipinski definition) is 3. The van der Waals surface area contributed by atoms with Crippen LogP contribution in [-0.4, -0.2) is 24.0 Å². The summed E-state index contributed by atoms with van der Waals surface area (Å²) in [5.74, 6) is 0. The van der Waals surface area contributed by atoms with Gasteiger partial charge in [0.1, 0.15) is 5.65 Å². The second kappa shape index (κ2) is 4.43. The normalized spacial score (nSPS) is 11.5. The van der Waals surface area contributed by atoms with Gasteiger partial charge in [-0.15, -0.1) is 0 Å². The molecule has 4 rings (SSSR count). The van der Waals surface area contributed by atoms with Crippen LogP contribution >= 0.6 is 0 Å². The number of aliphatic hydroxyl groups is 1. The minimum absolute atomic E-state index is 0.0311. The van der Waals surface area contributed by atoms with Gasteiger partial charge in [0.15, 0.2) is 0 Å². The van der Waals surface area contributed by atoms with Gasteiger partial charge in [0.25, 0.3) is 0 Å². The topological polar surface area (TPSA) is 55.4 Å². The number of fused-ring (bicyclic) bond motifs is 2. The lowest BCUT2D eigenvalue weighted by molar-refractivity contribution is 0.281.